The second-order valence-corrected chi connectivity index (χ2v) is 7.74. The fraction of sp³-hybridized carbons (Fsp3) is 0.296. The number of phenolic OH excluding ortho intramolecular Hbond substituents is 2. The number of hydrogen-bond donors (Lipinski definition) is 2. The molecule has 0 aliphatic rings. The van der Waals surface area contributed by atoms with Gasteiger partial charge in [0.15, 0.2) is 5.78 Å². The van der Waals surface area contributed by atoms with Gasteiger partial charge in [0.05, 0.1) is 12.2 Å². The molecular weight excluding hydrogens is 388 g/mol. The normalized spacial score (nSPS) is 11.5. The zero-order valence-electron chi connectivity index (χ0n) is 18.8. The molecule has 0 atom stereocenters. The molecule has 2 N–H and O–H groups in total. The monoisotopic (exact) mass is 420 g/mol. The van der Waals surface area contributed by atoms with Crippen molar-refractivity contribution < 1.29 is 19.7 Å². The Hall–Kier alpha value is -3.27. The van der Waals surface area contributed by atoms with Gasteiger partial charge in [-0.1, -0.05) is 41.5 Å². The maximum Gasteiger partial charge on any atom is 0.189 e. The van der Waals surface area contributed by atoms with E-state index in [9.17, 15) is 15.0 Å². The summed E-state index contributed by atoms with van der Waals surface area (Å²) in [6.07, 6.45) is 9.79. The van der Waals surface area contributed by atoms with E-state index in [-0.39, 0.29) is 22.8 Å². The van der Waals surface area contributed by atoms with Crippen LogP contribution in [0.15, 0.2) is 65.8 Å². The molecule has 0 radical (unpaired) electrons. The lowest BCUT2D eigenvalue weighted by atomic mass is 9.99. The minimum absolute atomic E-state index is 0.0420. The van der Waals surface area contributed by atoms with E-state index in [1.54, 1.807) is 42.5 Å². The molecule has 2 aromatic rings. The van der Waals surface area contributed by atoms with Crippen molar-refractivity contribution in [1.82, 2.24) is 0 Å². The molecule has 31 heavy (non-hydrogen) atoms. The molecule has 0 spiro atoms. The molecule has 0 fully saturated rings. The van der Waals surface area contributed by atoms with Gasteiger partial charge in [-0.05, 0) is 82.9 Å². The van der Waals surface area contributed by atoms with E-state index >= 15 is 0 Å². The van der Waals surface area contributed by atoms with E-state index in [1.165, 1.54) is 17.2 Å². The molecule has 4 nitrogen and oxygen atoms in total. The van der Waals surface area contributed by atoms with Crippen molar-refractivity contribution >= 4 is 11.9 Å². The minimum Gasteiger partial charge on any atom is -0.508 e. The van der Waals surface area contributed by atoms with Gasteiger partial charge in [-0.25, -0.2) is 0 Å². The van der Waals surface area contributed by atoms with Crippen molar-refractivity contribution in [3.63, 3.8) is 0 Å². The Labute approximate surface area is 185 Å². The standard InChI is InChI=1S/C27H32O4/c1-5-31-26-18-16-23(25(29)17-12-21-10-13-22(28)14-11-21)27(30)24(26)15-9-20(4)8-6-7-19(2)3/h7,9-14,16-18,28,30H,5-6,8,15H2,1-4H3. The summed E-state index contributed by atoms with van der Waals surface area (Å²) in [6.45, 7) is 8.62. The zero-order valence-corrected chi connectivity index (χ0v) is 18.8. The van der Waals surface area contributed by atoms with E-state index in [0.29, 0.717) is 24.3 Å². The summed E-state index contributed by atoms with van der Waals surface area (Å²) in [4.78, 5) is 12.7. The van der Waals surface area contributed by atoms with Gasteiger partial charge in [-0.15, -0.1) is 0 Å². The van der Waals surface area contributed by atoms with Crippen LogP contribution in [0, 0.1) is 0 Å². The third-order valence-electron chi connectivity index (χ3n) is 4.87. The predicted octanol–water partition coefficient (Wildman–Crippen LogP) is 6.63. The second kappa shape index (κ2) is 11.8. The number of ketones is 1. The lowest BCUT2D eigenvalue weighted by Crippen LogP contribution is -2.02. The van der Waals surface area contributed by atoms with Crippen molar-refractivity contribution in [3.8, 4) is 17.2 Å². The number of phenols is 2. The SMILES string of the molecule is CCOc1ccc(C(=O)C=Cc2ccc(O)cc2)c(O)c1CC=C(C)CCC=C(C)C. The maximum atomic E-state index is 12.7. The molecule has 0 amide bonds. The fourth-order valence-electron chi connectivity index (χ4n) is 3.12. The summed E-state index contributed by atoms with van der Waals surface area (Å²) in [5.74, 6) is 0.424. The van der Waals surface area contributed by atoms with Gasteiger partial charge in [0.2, 0.25) is 0 Å². The number of benzene rings is 2. The largest absolute Gasteiger partial charge is 0.508 e. The van der Waals surface area contributed by atoms with E-state index in [1.807, 2.05) is 6.92 Å². The topological polar surface area (TPSA) is 66.8 Å². The number of aromatic hydroxyl groups is 2. The molecule has 2 aromatic carbocycles. The Morgan fingerprint density at radius 1 is 1.00 bits per heavy atom. The van der Waals surface area contributed by atoms with Crippen LogP contribution in [-0.4, -0.2) is 22.6 Å². The molecule has 0 aliphatic carbocycles. The predicted molar refractivity (Wildman–Crippen MR) is 127 cm³/mol. The first-order valence-corrected chi connectivity index (χ1v) is 10.6. The van der Waals surface area contributed by atoms with Crippen molar-refractivity contribution in [1.29, 1.82) is 0 Å². The van der Waals surface area contributed by atoms with Gasteiger partial charge in [0.1, 0.15) is 17.2 Å². The average Bonchev–Trinajstić information content (AvgIpc) is 2.72. The van der Waals surface area contributed by atoms with Crippen LogP contribution in [0.5, 0.6) is 17.2 Å². The summed E-state index contributed by atoms with van der Waals surface area (Å²) < 4.78 is 5.69. The Kier molecular flexibility index (Phi) is 9.13. The molecule has 0 heterocycles. The second-order valence-electron chi connectivity index (χ2n) is 7.74. The summed E-state index contributed by atoms with van der Waals surface area (Å²) in [7, 11) is 0. The van der Waals surface area contributed by atoms with Crippen molar-refractivity contribution in [2.45, 2.75) is 47.0 Å². The van der Waals surface area contributed by atoms with Crippen molar-refractivity contribution in [3.05, 3.63) is 82.5 Å². The fourth-order valence-corrected chi connectivity index (χ4v) is 3.12. The van der Waals surface area contributed by atoms with Crippen LogP contribution in [0.3, 0.4) is 0 Å². The molecule has 2 rings (SSSR count). The first kappa shape index (κ1) is 24.0. The molecule has 0 unspecified atom stereocenters. The molecule has 0 aliphatic heterocycles. The van der Waals surface area contributed by atoms with Gasteiger partial charge in [0.25, 0.3) is 0 Å². The summed E-state index contributed by atoms with van der Waals surface area (Å²) in [5, 5.41) is 20.2. The van der Waals surface area contributed by atoms with Gasteiger partial charge in [0, 0.05) is 5.56 Å². The zero-order chi connectivity index (χ0) is 22.8. The van der Waals surface area contributed by atoms with Crippen molar-refractivity contribution in [2.75, 3.05) is 6.61 Å². The van der Waals surface area contributed by atoms with Crippen molar-refractivity contribution in [2.24, 2.45) is 0 Å². The van der Waals surface area contributed by atoms with Gasteiger partial charge in [-0.2, -0.15) is 0 Å². The maximum absolute atomic E-state index is 12.7. The number of carbonyl (C=O) groups excluding carboxylic acids is 1. The highest BCUT2D eigenvalue weighted by atomic mass is 16.5. The average molecular weight is 421 g/mol. The Morgan fingerprint density at radius 2 is 1.71 bits per heavy atom. The first-order chi connectivity index (χ1) is 14.8. The summed E-state index contributed by atoms with van der Waals surface area (Å²) in [5.41, 5.74) is 4.17. The van der Waals surface area contributed by atoms with Crippen LogP contribution in [-0.2, 0) is 6.42 Å². The van der Waals surface area contributed by atoms with Gasteiger partial charge in [-0.3, -0.25) is 4.79 Å². The lowest BCUT2D eigenvalue weighted by molar-refractivity contribution is 0.104. The molecule has 0 saturated carbocycles. The number of carbonyl (C=O) groups is 1. The third kappa shape index (κ3) is 7.49. The van der Waals surface area contributed by atoms with E-state index in [4.69, 9.17) is 4.74 Å². The summed E-state index contributed by atoms with van der Waals surface area (Å²) in [6, 6.07) is 9.88. The van der Waals surface area contributed by atoms with E-state index in [0.717, 1.165) is 18.4 Å². The minimum atomic E-state index is -0.292. The smallest absolute Gasteiger partial charge is 0.189 e. The highest BCUT2D eigenvalue weighted by Gasteiger charge is 2.16. The Morgan fingerprint density at radius 3 is 2.35 bits per heavy atom. The first-order valence-electron chi connectivity index (χ1n) is 10.6. The van der Waals surface area contributed by atoms with Crippen LogP contribution < -0.4 is 4.74 Å². The van der Waals surface area contributed by atoms with E-state index in [2.05, 4.69) is 32.9 Å². The Bertz CT molecular complexity index is 975. The van der Waals surface area contributed by atoms with Crippen LogP contribution >= 0.6 is 0 Å². The molecule has 0 aromatic heterocycles. The third-order valence-corrected chi connectivity index (χ3v) is 4.87. The lowest BCUT2D eigenvalue weighted by Gasteiger charge is -2.13. The highest BCUT2D eigenvalue weighted by molar-refractivity contribution is 6.09. The molecule has 0 bridgehead atoms. The van der Waals surface area contributed by atoms with Crippen LogP contribution in [0.4, 0.5) is 0 Å². The highest BCUT2D eigenvalue weighted by Crippen LogP contribution is 2.33. The molecule has 4 heteroatoms. The molecule has 164 valence electrons. The van der Waals surface area contributed by atoms with Crippen LogP contribution in [0.1, 0.15) is 62.0 Å². The molecule has 0 saturated heterocycles. The van der Waals surface area contributed by atoms with Crippen LogP contribution in [0.25, 0.3) is 6.08 Å². The number of hydrogen-bond acceptors (Lipinski definition) is 4. The van der Waals surface area contributed by atoms with E-state index < -0.39 is 0 Å². The number of allylic oxidation sites excluding steroid dienone is 5. The van der Waals surface area contributed by atoms with Crippen LogP contribution in [0.2, 0.25) is 0 Å². The quantitative estimate of drug-likeness (QED) is 0.257. The summed E-state index contributed by atoms with van der Waals surface area (Å²) >= 11 is 0. The van der Waals surface area contributed by atoms with Gasteiger partial charge >= 0.3 is 0 Å². The van der Waals surface area contributed by atoms with Gasteiger partial charge < -0.3 is 14.9 Å². The molecular formula is C27H32O4. The number of ether oxygens (including phenoxy) is 1. The number of rotatable bonds is 10. The Balaban J connectivity index is 2.24.